The van der Waals surface area contributed by atoms with E-state index in [1.54, 1.807) is 0 Å². The van der Waals surface area contributed by atoms with Gasteiger partial charge >= 0.3 is 6.18 Å². The molecule has 5 rings (SSSR count). The number of aromatic nitrogens is 4. The number of rotatable bonds is 5. The molecule has 0 radical (unpaired) electrons. The Morgan fingerprint density at radius 2 is 1.81 bits per heavy atom. The number of nitriles is 1. The van der Waals surface area contributed by atoms with Crippen molar-refractivity contribution in [2.24, 2.45) is 0 Å². The Hall–Kier alpha value is -4.17. The molecule has 0 aliphatic carbocycles. The van der Waals surface area contributed by atoms with Crippen molar-refractivity contribution in [2.75, 3.05) is 43.4 Å². The number of hydrogen-bond donors (Lipinski definition) is 2. The summed E-state index contributed by atoms with van der Waals surface area (Å²) >= 11 is 0. The fourth-order valence-electron chi connectivity index (χ4n) is 4.41. The minimum absolute atomic E-state index is 0.146. The van der Waals surface area contributed by atoms with Gasteiger partial charge in [-0.15, -0.1) is 0 Å². The monoisotopic (exact) mass is 506 g/mol. The molecule has 0 unspecified atom stereocenters. The average molecular weight is 507 g/mol. The van der Waals surface area contributed by atoms with Gasteiger partial charge in [-0.3, -0.25) is 0 Å². The second kappa shape index (κ2) is 9.71. The Labute approximate surface area is 211 Å². The van der Waals surface area contributed by atoms with Gasteiger partial charge in [0.1, 0.15) is 11.7 Å². The highest BCUT2D eigenvalue weighted by Gasteiger charge is 2.31. The van der Waals surface area contributed by atoms with Crippen LogP contribution >= 0.6 is 0 Å². The van der Waals surface area contributed by atoms with Crippen LogP contribution in [0.4, 0.5) is 24.8 Å². The molecule has 4 aromatic rings. The molecule has 1 fully saturated rings. The van der Waals surface area contributed by atoms with Crippen molar-refractivity contribution in [3.8, 4) is 17.3 Å². The van der Waals surface area contributed by atoms with E-state index in [4.69, 9.17) is 0 Å². The molecule has 1 aliphatic rings. The van der Waals surface area contributed by atoms with E-state index in [9.17, 15) is 18.4 Å². The molecule has 3 aromatic heterocycles. The van der Waals surface area contributed by atoms with Crippen molar-refractivity contribution in [3.63, 3.8) is 0 Å². The smallest absolute Gasteiger partial charge is 0.369 e. The lowest BCUT2D eigenvalue weighted by atomic mass is 10.1. The SMILES string of the molecule is C[C@@H](Nc1ncc(C#N)c(-c2c[nH]c3ncc(C(F)(F)F)cc23)n1)c1ccc(N2CCN(C)CC2)cc1. The molecule has 4 heterocycles. The zero-order chi connectivity index (χ0) is 26.2. The molecule has 0 saturated carbocycles. The predicted molar refractivity (Wildman–Crippen MR) is 135 cm³/mol. The third kappa shape index (κ3) is 5.06. The molecule has 1 aromatic carbocycles. The summed E-state index contributed by atoms with van der Waals surface area (Å²) in [5, 5.41) is 13.1. The van der Waals surface area contributed by atoms with Gasteiger partial charge < -0.3 is 20.1 Å². The van der Waals surface area contributed by atoms with Gasteiger partial charge in [0.05, 0.1) is 29.1 Å². The molecular weight excluding hydrogens is 481 g/mol. The highest BCUT2D eigenvalue weighted by molar-refractivity contribution is 5.94. The Balaban J connectivity index is 1.40. The van der Waals surface area contributed by atoms with E-state index in [0.717, 1.165) is 44.0 Å². The number of nitrogens with one attached hydrogen (secondary N) is 2. The highest BCUT2D eigenvalue weighted by atomic mass is 19.4. The Morgan fingerprint density at radius 1 is 1.08 bits per heavy atom. The largest absolute Gasteiger partial charge is 0.417 e. The number of hydrogen-bond acceptors (Lipinski definition) is 7. The second-order valence-electron chi connectivity index (χ2n) is 9.14. The van der Waals surface area contributed by atoms with Crippen LogP contribution in [0, 0.1) is 11.3 Å². The first-order valence-corrected chi connectivity index (χ1v) is 11.8. The fourth-order valence-corrected chi connectivity index (χ4v) is 4.41. The number of anilines is 2. The number of fused-ring (bicyclic) bond motifs is 1. The maximum atomic E-state index is 13.3. The van der Waals surface area contributed by atoms with Crippen LogP contribution < -0.4 is 10.2 Å². The molecule has 2 N–H and O–H groups in total. The summed E-state index contributed by atoms with van der Waals surface area (Å²) < 4.78 is 39.8. The summed E-state index contributed by atoms with van der Waals surface area (Å²) in [5.41, 5.74) is 2.32. The van der Waals surface area contributed by atoms with Gasteiger partial charge in [0.2, 0.25) is 5.95 Å². The van der Waals surface area contributed by atoms with Crippen LogP contribution in [-0.2, 0) is 6.18 Å². The van der Waals surface area contributed by atoms with E-state index < -0.39 is 11.7 Å². The van der Waals surface area contributed by atoms with Gasteiger partial charge in [-0.2, -0.15) is 18.4 Å². The van der Waals surface area contributed by atoms with Crippen LogP contribution in [0.3, 0.4) is 0 Å². The fraction of sp³-hybridized carbons (Fsp3) is 0.308. The number of piperazine rings is 1. The summed E-state index contributed by atoms with van der Waals surface area (Å²) in [4.78, 5) is 20.2. The van der Waals surface area contributed by atoms with Crippen molar-refractivity contribution in [2.45, 2.75) is 19.1 Å². The maximum Gasteiger partial charge on any atom is 0.417 e. The van der Waals surface area contributed by atoms with Crippen LogP contribution in [0.15, 0.2) is 48.9 Å². The number of benzene rings is 1. The first-order valence-electron chi connectivity index (χ1n) is 11.8. The predicted octanol–water partition coefficient (Wildman–Crippen LogP) is 4.84. The van der Waals surface area contributed by atoms with Crippen LogP contribution in [-0.4, -0.2) is 58.1 Å². The van der Waals surface area contributed by atoms with Crippen molar-refractivity contribution in [1.82, 2.24) is 24.8 Å². The summed E-state index contributed by atoms with van der Waals surface area (Å²) in [6.07, 6.45) is -0.891. The molecule has 11 heteroatoms. The molecule has 37 heavy (non-hydrogen) atoms. The quantitative estimate of drug-likeness (QED) is 0.400. The molecule has 1 saturated heterocycles. The minimum Gasteiger partial charge on any atom is -0.369 e. The zero-order valence-electron chi connectivity index (χ0n) is 20.3. The van der Waals surface area contributed by atoms with Gasteiger partial charge in [-0.05, 0) is 37.7 Å². The number of likely N-dealkylation sites (N-methyl/N-ethyl adjacent to an activating group) is 1. The minimum atomic E-state index is -4.54. The average Bonchev–Trinajstić information content (AvgIpc) is 3.32. The number of H-pyrrole nitrogens is 1. The van der Waals surface area contributed by atoms with Crippen LogP contribution in [0.2, 0.25) is 0 Å². The molecule has 190 valence electrons. The number of halogens is 3. The Bertz CT molecular complexity index is 1450. The van der Waals surface area contributed by atoms with Crippen molar-refractivity contribution >= 4 is 22.7 Å². The van der Waals surface area contributed by atoms with E-state index in [-0.39, 0.29) is 34.3 Å². The lowest BCUT2D eigenvalue weighted by molar-refractivity contribution is -0.137. The van der Waals surface area contributed by atoms with Gasteiger partial charge in [-0.1, -0.05) is 12.1 Å². The van der Waals surface area contributed by atoms with Crippen LogP contribution in [0.1, 0.15) is 29.7 Å². The molecule has 0 amide bonds. The van der Waals surface area contributed by atoms with Crippen LogP contribution in [0.5, 0.6) is 0 Å². The lowest BCUT2D eigenvalue weighted by Gasteiger charge is -2.34. The maximum absolute atomic E-state index is 13.3. The highest BCUT2D eigenvalue weighted by Crippen LogP contribution is 2.35. The van der Waals surface area contributed by atoms with Crippen molar-refractivity contribution in [1.29, 1.82) is 5.26 Å². The number of aromatic amines is 1. The first kappa shape index (κ1) is 24.5. The summed E-state index contributed by atoms with van der Waals surface area (Å²) in [5.74, 6) is 0.263. The van der Waals surface area contributed by atoms with Gasteiger partial charge in [0, 0.05) is 55.2 Å². The Morgan fingerprint density at radius 3 is 2.49 bits per heavy atom. The van der Waals surface area contributed by atoms with Gasteiger partial charge in [0.25, 0.3) is 0 Å². The van der Waals surface area contributed by atoms with Crippen molar-refractivity contribution in [3.05, 3.63) is 65.6 Å². The van der Waals surface area contributed by atoms with Gasteiger partial charge in [0.15, 0.2) is 0 Å². The summed E-state index contributed by atoms with van der Waals surface area (Å²) in [6, 6.07) is 11.2. The Kier molecular flexibility index (Phi) is 6.43. The lowest BCUT2D eigenvalue weighted by Crippen LogP contribution is -2.44. The van der Waals surface area contributed by atoms with E-state index in [1.807, 2.05) is 13.0 Å². The third-order valence-corrected chi connectivity index (χ3v) is 6.63. The van der Waals surface area contributed by atoms with Gasteiger partial charge in [-0.25, -0.2) is 15.0 Å². The van der Waals surface area contributed by atoms with E-state index in [0.29, 0.717) is 5.56 Å². The normalized spacial score (nSPS) is 15.5. The number of nitrogens with zero attached hydrogens (tertiary/aromatic N) is 6. The molecule has 8 nitrogen and oxygen atoms in total. The second-order valence-corrected chi connectivity index (χ2v) is 9.14. The summed E-state index contributed by atoms with van der Waals surface area (Å²) in [6.45, 7) is 6.00. The molecule has 1 aliphatic heterocycles. The zero-order valence-corrected chi connectivity index (χ0v) is 20.3. The van der Waals surface area contributed by atoms with E-state index in [2.05, 4.69) is 66.4 Å². The molecule has 0 spiro atoms. The standard InChI is InChI=1S/C26H25F3N8/c1-16(17-3-5-20(6-4-17)37-9-7-36(2)8-10-37)34-25-33-13-18(12-30)23(35-25)22-15-32-24-21(22)11-19(14-31-24)26(27,28)29/h3-6,11,13-16H,7-10H2,1-2H3,(H,31,32)(H,33,34,35)/t16-/m1/s1. The van der Waals surface area contributed by atoms with E-state index in [1.165, 1.54) is 18.1 Å². The number of alkyl halides is 3. The topological polar surface area (TPSA) is 96.8 Å². The molecule has 1 atom stereocenters. The van der Waals surface area contributed by atoms with E-state index >= 15 is 0 Å². The molecular formula is C26H25F3N8. The number of pyridine rings is 1. The first-order chi connectivity index (χ1) is 17.7. The van der Waals surface area contributed by atoms with Crippen molar-refractivity contribution < 1.29 is 13.2 Å². The molecule has 0 bridgehead atoms. The summed E-state index contributed by atoms with van der Waals surface area (Å²) in [7, 11) is 2.12. The third-order valence-electron chi connectivity index (χ3n) is 6.63. The van der Waals surface area contributed by atoms with Crippen LogP contribution in [0.25, 0.3) is 22.3 Å².